The number of aromatic nitrogens is 6. The summed E-state index contributed by atoms with van der Waals surface area (Å²) in [6.45, 7) is 0. The van der Waals surface area contributed by atoms with Gasteiger partial charge in [0.15, 0.2) is 17.5 Å². The molecule has 498 valence electrons. The molecule has 0 unspecified atom stereocenters. The zero-order valence-corrected chi connectivity index (χ0v) is 57.1. The van der Waals surface area contributed by atoms with Crippen LogP contribution in [0.1, 0.15) is 66.8 Å². The van der Waals surface area contributed by atoms with Crippen LogP contribution in [0.2, 0.25) is 0 Å². The second-order valence-corrected chi connectivity index (χ2v) is 25.5. The van der Waals surface area contributed by atoms with E-state index in [0.717, 1.165) is 22.3 Å². The number of benzene rings is 12. The van der Waals surface area contributed by atoms with Crippen LogP contribution in [0.5, 0.6) is 0 Å². The highest BCUT2D eigenvalue weighted by atomic mass is 15.0. The van der Waals surface area contributed by atoms with E-state index < -0.39 is 0 Å². The van der Waals surface area contributed by atoms with E-state index in [1.165, 1.54) is 48.5 Å². The van der Waals surface area contributed by atoms with Crippen molar-refractivity contribution in [3.05, 3.63) is 310 Å². The lowest BCUT2D eigenvalue weighted by Gasteiger charge is -2.21. The lowest BCUT2D eigenvalue weighted by Crippen LogP contribution is -2.04. The Morgan fingerprint density at radius 3 is 0.782 bits per heavy atom. The molecule has 0 fully saturated rings. The molecule has 0 N–H and O–H groups in total. The van der Waals surface area contributed by atoms with E-state index in [1.54, 1.807) is 24.5 Å². The Balaban J connectivity index is 1.05. The number of nitrogens with zero attached hydrogens (tertiary/aromatic N) is 18. The van der Waals surface area contributed by atoms with E-state index in [1.807, 2.05) is 164 Å². The molecular weight excluding hydrogens is 1360 g/mol. The molecule has 4 aromatic heterocycles. The molecule has 16 rings (SSSR count). The van der Waals surface area contributed by atoms with Crippen molar-refractivity contribution in [1.82, 2.24) is 29.1 Å². The minimum absolute atomic E-state index is 0.0808. The number of hydrogen-bond donors (Lipinski definition) is 0. The maximum atomic E-state index is 10.8. The zero-order valence-electron chi connectivity index (χ0n) is 57.1. The topological polar surface area (TPSA) is 347 Å². The molecule has 16 aromatic rings. The van der Waals surface area contributed by atoms with Gasteiger partial charge in [0.25, 0.3) is 0 Å². The summed E-state index contributed by atoms with van der Waals surface area (Å²) in [4.78, 5) is 20.1. The predicted molar refractivity (Wildman–Crippen MR) is 412 cm³/mol. The van der Waals surface area contributed by atoms with Crippen molar-refractivity contribution in [2.45, 2.75) is 0 Å². The molecule has 0 saturated carbocycles. The van der Waals surface area contributed by atoms with Crippen LogP contribution in [-0.2, 0) is 0 Å². The van der Waals surface area contributed by atoms with Gasteiger partial charge in [-0.3, -0.25) is 4.98 Å². The second-order valence-electron chi connectivity index (χ2n) is 25.5. The summed E-state index contributed by atoms with van der Waals surface area (Å²) in [5.74, 6) is 1.10. The van der Waals surface area contributed by atoms with Crippen molar-refractivity contribution in [3.63, 3.8) is 0 Å². The maximum absolute atomic E-state index is 10.8. The molecule has 0 aliphatic carbocycles. The number of fused-ring (bicyclic) bond motifs is 6. The molecular formula is C92H40N18. The minimum Gasteiger partial charge on any atom is -0.309 e. The summed E-state index contributed by atoms with van der Waals surface area (Å²) in [6.07, 6.45) is 3.44. The van der Waals surface area contributed by atoms with Crippen LogP contribution in [0, 0.1) is 136 Å². The van der Waals surface area contributed by atoms with Gasteiger partial charge in [-0.05, 0) is 143 Å². The summed E-state index contributed by atoms with van der Waals surface area (Å²) in [5.41, 5.74) is 12.5. The number of hydrogen-bond acceptors (Lipinski definition) is 16. The van der Waals surface area contributed by atoms with Gasteiger partial charge in [-0.25, -0.2) is 15.0 Å². The van der Waals surface area contributed by atoms with Crippen LogP contribution >= 0.6 is 0 Å². The fourth-order valence-corrected chi connectivity index (χ4v) is 14.6. The molecule has 0 spiro atoms. The first-order valence-corrected chi connectivity index (χ1v) is 33.7. The van der Waals surface area contributed by atoms with Crippen molar-refractivity contribution in [3.8, 4) is 185 Å². The van der Waals surface area contributed by atoms with Crippen LogP contribution in [0.3, 0.4) is 0 Å². The molecule has 110 heavy (non-hydrogen) atoms. The van der Waals surface area contributed by atoms with Gasteiger partial charge in [-0.2, -0.15) is 63.1 Å². The van der Waals surface area contributed by atoms with Crippen LogP contribution < -0.4 is 0 Å². The third-order valence-corrected chi connectivity index (χ3v) is 19.4. The third-order valence-electron chi connectivity index (χ3n) is 19.4. The Hall–Kier alpha value is -17.7. The van der Waals surface area contributed by atoms with Gasteiger partial charge in [0.2, 0.25) is 0 Å². The van der Waals surface area contributed by atoms with Gasteiger partial charge in [-0.15, -0.1) is 0 Å². The Morgan fingerprint density at radius 1 is 0.227 bits per heavy atom. The average molecular weight is 1400 g/mol. The van der Waals surface area contributed by atoms with Gasteiger partial charge >= 0.3 is 0 Å². The first-order chi connectivity index (χ1) is 53.9. The number of nitriles is 12. The predicted octanol–water partition coefficient (Wildman–Crippen LogP) is 18.9. The highest BCUT2D eigenvalue weighted by molar-refractivity contribution is 6.15. The summed E-state index contributed by atoms with van der Waals surface area (Å²) in [6, 6.07) is 94.7. The molecule has 12 aromatic carbocycles. The van der Waals surface area contributed by atoms with Crippen molar-refractivity contribution in [2.75, 3.05) is 0 Å². The van der Waals surface area contributed by atoms with Crippen molar-refractivity contribution in [2.24, 2.45) is 0 Å². The van der Waals surface area contributed by atoms with E-state index in [2.05, 4.69) is 93.0 Å². The Kier molecular flexibility index (Phi) is 16.7. The first-order valence-electron chi connectivity index (χ1n) is 33.7. The van der Waals surface area contributed by atoms with Crippen LogP contribution in [0.4, 0.5) is 0 Å². The van der Waals surface area contributed by atoms with Gasteiger partial charge in [0.05, 0.1) is 173 Å². The smallest absolute Gasteiger partial charge is 0.164 e. The third kappa shape index (κ3) is 11.3. The van der Waals surface area contributed by atoms with Crippen LogP contribution in [-0.4, -0.2) is 29.1 Å². The van der Waals surface area contributed by atoms with Crippen molar-refractivity contribution in [1.29, 1.82) is 63.1 Å². The van der Waals surface area contributed by atoms with Gasteiger partial charge in [-0.1, -0.05) is 115 Å². The summed E-state index contributed by atoms with van der Waals surface area (Å²) in [7, 11) is 0. The van der Waals surface area contributed by atoms with E-state index >= 15 is 0 Å². The molecule has 0 radical (unpaired) electrons. The standard InChI is InChI=1S/C92H40N18/c93-40-53-26-66(44-97)86(67(27-53)45-98)60-15-21-80-76(34-60)77-35-61(87-68(46-99)28-54(41-94)29-69(87)47-100)16-22-81(77)109(80)84-38-59(65-12-7-25-105-52-65)13-19-74(84)75-20-14-64(92-107-90(57-8-3-1-4-9-57)106-91(108-92)58-10-5-2-6-11-58)39-85(75)110-82-23-17-62(88-70(48-101)30-55(42-95)31-71(88)49-102)36-78(82)79-37-63(18-24-83(79)110)89-72(50-103)32-56(43-96)33-73(89)51-104/h1-39,52H. The normalized spacial score (nSPS) is 10.6. The molecule has 0 bridgehead atoms. The van der Waals surface area contributed by atoms with E-state index in [0.29, 0.717) is 123 Å². The quantitative estimate of drug-likeness (QED) is 0.116. The van der Waals surface area contributed by atoms with Crippen molar-refractivity contribution < 1.29 is 0 Å². The minimum atomic E-state index is 0.0808. The van der Waals surface area contributed by atoms with E-state index in [9.17, 15) is 63.1 Å². The molecule has 0 aliphatic rings. The van der Waals surface area contributed by atoms with E-state index in [-0.39, 0.29) is 77.9 Å². The maximum Gasteiger partial charge on any atom is 0.164 e. The Labute approximate surface area is 627 Å². The fraction of sp³-hybridized carbons (Fsp3) is 0. The fourth-order valence-electron chi connectivity index (χ4n) is 14.6. The zero-order chi connectivity index (χ0) is 75.8. The summed E-state index contributed by atoms with van der Waals surface area (Å²) >= 11 is 0. The van der Waals surface area contributed by atoms with Gasteiger partial charge in [0.1, 0.15) is 0 Å². The van der Waals surface area contributed by atoms with Gasteiger partial charge < -0.3 is 9.13 Å². The monoisotopic (exact) mass is 1400 g/mol. The average Bonchev–Trinajstić information content (AvgIpc) is 1.56. The SMILES string of the molecule is N#Cc1cc(C#N)c(-c2ccc3c(c2)c2cc(-c4c(C#N)cc(C#N)cc4C#N)ccc2n3-c2cc(-c3cccnc3)ccc2-c2ccc(-c3nc(-c4ccccc4)nc(-c4ccccc4)n3)cc2-n2c3ccc(-c4c(C#N)cc(C#N)cc4C#N)cc3c3cc(-c4c(C#N)cc(C#N)cc4C#N)ccc32)c(C#N)c1. The Morgan fingerprint density at radius 2 is 0.500 bits per heavy atom. The molecule has 0 atom stereocenters. The summed E-state index contributed by atoms with van der Waals surface area (Å²) < 4.78 is 4.18. The molecule has 0 saturated heterocycles. The molecule has 0 amide bonds. The number of rotatable bonds is 11. The lowest BCUT2D eigenvalue weighted by atomic mass is 9.91. The summed E-state index contributed by atoms with van der Waals surface area (Å²) in [5, 5.41) is 129. The lowest BCUT2D eigenvalue weighted by molar-refractivity contribution is 1.07. The van der Waals surface area contributed by atoms with Crippen molar-refractivity contribution >= 4 is 43.6 Å². The highest BCUT2D eigenvalue weighted by Gasteiger charge is 2.28. The first kappa shape index (κ1) is 66.8. The Bertz CT molecular complexity index is 6800. The molecule has 4 heterocycles. The molecule has 18 nitrogen and oxygen atoms in total. The number of pyridine rings is 1. The molecule has 0 aliphatic heterocycles. The second kappa shape index (κ2) is 27.6. The van der Waals surface area contributed by atoms with Gasteiger partial charge in [0, 0.05) is 89.6 Å². The molecule has 18 heteroatoms. The van der Waals surface area contributed by atoms with Crippen LogP contribution in [0.25, 0.3) is 156 Å². The largest absolute Gasteiger partial charge is 0.309 e. The van der Waals surface area contributed by atoms with E-state index in [4.69, 9.17) is 15.0 Å². The van der Waals surface area contributed by atoms with Crippen LogP contribution in [0.15, 0.2) is 243 Å². The highest BCUT2D eigenvalue weighted by Crippen LogP contribution is 2.48.